The Morgan fingerprint density at radius 1 is 1.20 bits per heavy atom. The van der Waals surface area contributed by atoms with Crippen LogP contribution in [0.3, 0.4) is 0 Å². The third-order valence-corrected chi connectivity index (χ3v) is 2.61. The third-order valence-electron chi connectivity index (χ3n) is 2.61. The number of hydrogen-bond acceptors (Lipinski definition) is 3. The fourth-order valence-electron chi connectivity index (χ4n) is 1.53. The Morgan fingerprint density at radius 2 is 1.80 bits per heavy atom. The fourth-order valence-corrected chi connectivity index (χ4v) is 1.53. The van der Waals surface area contributed by atoms with E-state index in [1.165, 1.54) is 18.2 Å². The van der Waals surface area contributed by atoms with E-state index in [1.807, 2.05) is 0 Å². The van der Waals surface area contributed by atoms with Gasteiger partial charge in [0.2, 0.25) is 0 Å². The Hall–Kier alpha value is -2.05. The molecule has 0 N–H and O–H groups in total. The van der Waals surface area contributed by atoms with Gasteiger partial charge in [-0.3, -0.25) is 0 Å². The maximum Gasteiger partial charge on any atom is 0.435 e. The Morgan fingerprint density at radius 3 is 2.35 bits per heavy atom. The number of hydrogen-bond donors (Lipinski definition) is 0. The second kappa shape index (κ2) is 4.50. The van der Waals surface area contributed by atoms with E-state index in [9.17, 15) is 18.0 Å². The largest absolute Gasteiger partial charge is 0.435 e. The Bertz CT molecular complexity index is 654. The Labute approximate surface area is 113 Å². The van der Waals surface area contributed by atoms with Gasteiger partial charge in [-0.1, -0.05) is 23.0 Å². The molecule has 0 aliphatic rings. The molecule has 0 amide bonds. The van der Waals surface area contributed by atoms with Crippen LogP contribution in [-0.2, 0) is 11.0 Å². The SMILES string of the molecule is CC(C)(C)C(=O)On1nc(C(F)(F)F)c2ccccc21. The zero-order chi connectivity index (χ0) is 15.1. The van der Waals surface area contributed by atoms with E-state index in [4.69, 9.17) is 4.84 Å². The molecule has 1 aromatic heterocycles. The van der Waals surface area contributed by atoms with Gasteiger partial charge in [0.15, 0.2) is 5.69 Å². The van der Waals surface area contributed by atoms with Crippen LogP contribution in [-0.4, -0.2) is 15.9 Å². The van der Waals surface area contributed by atoms with Crippen molar-refractivity contribution in [1.82, 2.24) is 9.94 Å². The highest BCUT2D eigenvalue weighted by Crippen LogP contribution is 2.33. The number of para-hydroxylation sites is 1. The summed E-state index contributed by atoms with van der Waals surface area (Å²) in [6.45, 7) is 4.81. The van der Waals surface area contributed by atoms with Crippen molar-refractivity contribution in [3.63, 3.8) is 0 Å². The molecule has 2 rings (SSSR count). The number of carbonyl (C=O) groups is 1. The summed E-state index contributed by atoms with van der Waals surface area (Å²) >= 11 is 0. The van der Waals surface area contributed by atoms with Gasteiger partial charge in [0.05, 0.1) is 5.41 Å². The lowest BCUT2D eigenvalue weighted by atomic mass is 9.98. The van der Waals surface area contributed by atoms with E-state index >= 15 is 0 Å². The summed E-state index contributed by atoms with van der Waals surface area (Å²) in [5, 5.41) is 3.25. The third kappa shape index (κ3) is 2.61. The molecule has 0 unspecified atom stereocenters. The molecule has 0 aliphatic carbocycles. The molecule has 0 saturated carbocycles. The summed E-state index contributed by atoms with van der Waals surface area (Å²) in [7, 11) is 0. The van der Waals surface area contributed by atoms with Gasteiger partial charge in [-0.05, 0) is 26.8 Å². The van der Waals surface area contributed by atoms with Crippen LogP contribution in [0.25, 0.3) is 10.9 Å². The van der Waals surface area contributed by atoms with Gasteiger partial charge in [-0.25, -0.2) is 4.79 Å². The van der Waals surface area contributed by atoms with Crippen LogP contribution in [0.4, 0.5) is 13.2 Å². The van der Waals surface area contributed by atoms with Crippen molar-refractivity contribution in [2.24, 2.45) is 5.41 Å². The zero-order valence-electron chi connectivity index (χ0n) is 11.2. The van der Waals surface area contributed by atoms with E-state index in [-0.39, 0.29) is 10.9 Å². The van der Waals surface area contributed by atoms with Crippen molar-refractivity contribution >= 4 is 16.9 Å². The topological polar surface area (TPSA) is 44.1 Å². The van der Waals surface area contributed by atoms with Crippen molar-refractivity contribution in [3.05, 3.63) is 30.0 Å². The quantitative estimate of drug-likeness (QED) is 0.809. The minimum atomic E-state index is -4.61. The molecule has 1 aromatic carbocycles. The number of fused-ring (bicyclic) bond motifs is 1. The highest BCUT2D eigenvalue weighted by Gasteiger charge is 2.37. The maximum atomic E-state index is 12.9. The highest BCUT2D eigenvalue weighted by atomic mass is 19.4. The summed E-state index contributed by atoms with van der Waals surface area (Å²) in [6, 6.07) is 5.71. The second-order valence-electron chi connectivity index (χ2n) is 5.37. The number of carbonyl (C=O) groups excluding carboxylic acids is 1. The number of aromatic nitrogens is 2. The van der Waals surface area contributed by atoms with Crippen LogP contribution < -0.4 is 4.84 Å². The smallest absolute Gasteiger partial charge is 0.318 e. The van der Waals surface area contributed by atoms with Gasteiger partial charge in [0.25, 0.3) is 0 Å². The monoisotopic (exact) mass is 286 g/mol. The van der Waals surface area contributed by atoms with Crippen LogP contribution >= 0.6 is 0 Å². The number of rotatable bonds is 1. The number of alkyl halides is 3. The summed E-state index contributed by atoms with van der Waals surface area (Å²) in [5.41, 5.74) is -1.82. The molecule has 0 spiro atoms. The summed E-state index contributed by atoms with van der Waals surface area (Å²) in [6.07, 6.45) is -4.61. The molecule has 20 heavy (non-hydrogen) atoms. The minimum absolute atomic E-state index is 0.0948. The van der Waals surface area contributed by atoms with E-state index in [2.05, 4.69) is 5.10 Å². The first-order valence-corrected chi connectivity index (χ1v) is 5.88. The van der Waals surface area contributed by atoms with Crippen LogP contribution in [0, 0.1) is 5.41 Å². The summed E-state index contributed by atoms with van der Waals surface area (Å²) in [4.78, 5) is 17.3. The minimum Gasteiger partial charge on any atom is -0.318 e. The molecule has 2 aromatic rings. The van der Waals surface area contributed by atoms with Crippen molar-refractivity contribution in [1.29, 1.82) is 0 Å². The van der Waals surface area contributed by atoms with Gasteiger partial charge >= 0.3 is 12.1 Å². The molecule has 0 bridgehead atoms. The molecular formula is C13H13F3N2O2. The average Bonchev–Trinajstić information content (AvgIpc) is 2.67. The van der Waals surface area contributed by atoms with Crippen LogP contribution in [0.5, 0.6) is 0 Å². The van der Waals surface area contributed by atoms with Crippen LogP contribution in [0.15, 0.2) is 24.3 Å². The van der Waals surface area contributed by atoms with E-state index in [0.717, 1.165) is 0 Å². The molecule has 0 fully saturated rings. The molecule has 0 radical (unpaired) electrons. The fraction of sp³-hybridized carbons (Fsp3) is 0.385. The molecule has 0 aliphatic heterocycles. The van der Waals surface area contributed by atoms with E-state index in [1.54, 1.807) is 26.8 Å². The zero-order valence-corrected chi connectivity index (χ0v) is 11.2. The van der Waals surface area contributed by atoms with Gasteiger partial charge in [0, 0.05) is 5.39 Å². The second-order valence-corrected chi connectivity index (χ2v) is 5.37. The van der Waals surface area contributed by atoms with Gasteiger partial charge in [0.1, 0.15) is 5.52 Å². The predicted molar refractivity (Wildman–Crippen MR) is 65.8 cm³/mol. The molecule has 1 heterocycles. The highest BCUT2D eigenvalue weighted by molar-refractivity contribution is 5.83. The average molecular weight is 286 g/mol. The molecule has 0 atom stereocenters. The van der Waals surface area contributed by atoms with Crippen LogP contribution in [0.1, 0.15) is 26.5 Å². The summed E-state index contributed by atoms with van der Waals surface area (Å²) in [5.74, 6) is -0.667. The standard InChI is InChI=1S/C13H13F3N2O2/c1-12(2,3)11(19)20-18-9-7-5-4-6-8(9)10(17-18)13(14,15)16/h4-7H,1-3H3. The first-order valence-electron chi connectivity index (χ1n) is 5.88. The lowest BCUT2D eigenvalue weighted by Crippen LogP contribution is -2.32. The maximum absolute atomic E-state index is 12.9. The number of halogens is 3. The predicted octanol–water partition coefficient (Wildman–Crippen LogP) is 3.06. The summed E-state index contributed by atoms with van der Waals surface area (Å²) < 4.78 is 38.7. The lowest BCUT2D eigenvalue weighted by molar-refractivity contribution is -0.157. The van der Waals surface area contributed by atoms with Crippen molar-refractivity contribution in [2.75, 3.05) is 0 Å². The molecule has 0 saturated heterocycles. The van der Waals surface area contributed by atoms with Crippen LogP contribution in [0.2, 0.25) is 0 Å². The normalized spacial score (nSPS) is 12.7. The van der Waals surface area contributed by atoms with Crippen molar-refractivity contribution in [2.45, 2.75) is 26.9 Å². The Balaban J connectivity index is 2.53. The van der Waals surface area contributed by atoms with Gasteiger partial charge in [-0.2, -0.15) is 13.2 Å². The van der Waals surface area contributed by atoms with Crippen molar-refractivity contribution in [3.8, 4) is 0 Å². The van der Waals surface area contributed by atoms with Crippen molar-refractivity contribution < 1.29 is 22.8 Å². The number of benzene rings is 1. The first kappa shape index (κ1) is 14.4. The first-order chi connectivity index (χ1) is 9.10. The molecule has 4 nitrogen and oxygen atoms in total. The van der Waals surface area contributed by atoms with Gasteiger partial charge < -0.3 is 4.84 Å². The van der Waals surface area contributed by atoms with E-state index in [0.29, 0.717) is 4.85 Å². The molecule has 108 valence electrons. The van der Waals surface area contributed by atoms with Gasteiger partial charge in [-0.15, -0.1) is 5.10 Å². The molecular weight excluding hydrogens is 273 g/mol. The lowest BCUT2D eigenvalue weighted by Gasteiger charge is -2.15. The Kier molecular flexibility index (Phi) is 3.23. The van der Waals surface area contributed by atoms with E-state index < -0.39 is 23.3 Å². The number of nitrogens with zero attached hydrogens (tertiary/aromatic N) is 2. The molecule has 7 heteroatoms.